The summed E-state index contributed by atoms with van der Waals surface area (Å²) >= 11 is 5.90. The number of para-hydroxylation sites is 2. The Labute approximate surface area is 232 Å². The molecule has 4 aromatic carbocycles. The van der Waals surface area contributed by atoms with Crippen molar-refractivity contribution < 1.29 is 22.7 Å². The maximum absolute atomic E-state index is 13.5. The molecule has 0 fully saturated rings. The van der Waals surface area contributed by atoms with Gasteiger partial charge in [-0.15, -0.1) is 0 Å². The molecule has 0 radical (unpaired) electrons. The van der Waals surface area contributed by atoms with Crippen molar-refractivity contribution in [1.82, 2.24) is 5.43 Å². The van der Waals surface area contributed by atoms with Crippen LogP contribution in [0.3, 0.4) is 0 Å². The van der Waals surface area contributed by atoms with Crippen molar-refractivity contribution in [2.75, 3.05) is 18.0 Å². The lowest BCUT2D eigenvalue weighted by atomic mass is 10.2. The van der Waals surface area contributed by atoms with Crippen LogP contribution in [0, 0.1) is 0 Å². The zero-order valence-corrected chi connectivity index (χ0v) is 22.6. The molecule has 0 heterocycles. The lowest BCUT2D eigenvalue weighted by molar-refractivity contribution is -0.119. The number of ether oxygens (including phenoxy) is 2. The average molecular weight is 564 g/mol. The van der Waals surface area contributed by atoms with Crippen LogP contribution in [0.4, 0.5) is 5.69 Å². The summed E-state index contributed by atoms with van der Waals surface area (Å²) in [5.74, 6) is 0.357. The van der Waals surface area contributed by atoms with Crippen molar-refractivity contribution in [1.29, 1.82) is 0 Å². The molecule has 4 rings (SSSR count). The molecule has 0 atom stereocenters. The van der Waals surface area contributed by atoms with Crippen LogP contribution in [-0.4, -0.2) is 34.2 Å². The summed E-state index contributed by atoms with van der Waals surface area (Å²) in [6, 6.07) is 29.0. The van der Waals surface area contributed by atoms with Crippen LogP contribution in [0.1, 0.15) is 11.1 Å². The highest BCUT2D eigenvalue weighted by Crippen LogP contribution is 2.32. The zero-order valence-electron chi connectivity index (χ0n) is 21.0. The van der Waals surface area contributed by atoms with Crippen LogP contribution >= 0.6 is 11.6 Å². The van der Waals surface area contributed by atoms with Crippen molar-refractivity contribution in [3.05, 3.63) is 119 Å². The van der Waals surface area contributed by atoms with E-state index in [0.29, 0.717) is 28.7 Å². The number of nitrogens with zero attached hydrogens (tertiary/aromatic N) is 2. The lowest BCUT2D eigenvalue weighted by Gasteiger charge is -2.25. The molecule has 0 bridgehead atoms. The molecule has 0 aliphatic rings. The van der Waals surface area contributed by atoms with Crippen LogP contribution in [0.2, 0.25) is 5.02 Å². The van der Waals surface area contributed by atoms with Crippen LogP contribution in [0.15, 0.2) is 113 Å². The van der Waals surface area contributed by atoms with Crippen LogP contribution in [0.25, 0.3) is 0 Å². The molecule has 10 heteroatoms. The third-order valence-electron chi connectivity index (χ3n) is 5.57. The van der Waals surface area contributed by atoms with Crippen LogP contribution < -0.4 is 19.2 Å². The van der Waals surface area contributed by atoms with Crippen molar-refractivity contribution in [2.24, 2.45) is 5.10 Å². The van der Waals surface area contributed by atoms with Crippen molar-refractivity contribution in [3.63, 3.8) is 0 Å². The fourth-order valence-corrected chi connectivity index (χ4v) is 5.18. The van der Waals surface area contributed by atoms with Gasteiger partial charge in [-0.25, -0.2) is 13.8 Å². The predicted molar refractivity (Wildman–Crippen MR) is 152 cm³/mol. The minimum atomic E-state index is -4.07. The minimum Gasteiger partial charge on any atom is -0.495 e. The van der Waals surface area contributed by atoms with E-state index in [0.717, 1.165) is 9.87 Å². The van der Waals surface area contributed by atoms with E-state index in [9.17, 15) is 13.2 Å². The Balaban J connectivity index is 1.41. The number of benzene rings is 4. The highest BCUT2D eigenvalue weighted by atomic mass is 35.5. The fourth-order valence-electron chi connectivity index (χ4n) is 3.60. The lowest BCUT2D eigenvalue weighted by Crippen LogP contribution is -2.39. The third-order valence-corrected chi connectivity index (χ3v) is 7.60. The van der Waals surface area contributed by atoms with Crippen molar-refractivity contribution in [3.8, 4) is 11.5 Å². The summed E-state index contributed by atoms with van der Waals surface area (Å²) in [4.78, 5) is 12.8. The molecule has 0 unspecified atom stereocenters. The molecular formula is C29H26ClN3O5S. The largest absolute Gasteiger partial charge is 0.495 e. The molecule has 0 aliphatic heterocycles. The monoisotopic (exact) mass is 563 g/mol. The molecule has 1 amide bonds. The number of anilines is 1. The Hall–Kier alpha value is -4.34. The Kier molecular flexibility index (Phi) is 9.19. The SMILES string of the molecule is COc1ccccc1N(CC(=O)N/N=C\c1ccc(OCc2ccc(Cl)cc2)cc1)S(=O)(=O)c1ccccc1. The van der Waals surface area contributed by atoms with E-state index in [1.54, 1.807) is 78.9 Å². The van der Waals surface area contributed by atoms with E-state index in [-0.39, 0.29) is 10.6 Å². The maximum atomic E-state index is 13.5. The molecule has 8 nitrogen and oxygen atoms in total. The second-order valence-electron chi connectivity index (χ2n) is 8.27. The number of rotatable bonds is 11. The van der Waals surface area contributed by atoms with E-state index in [2.05, 4.69) is 10.5 Å². The van der Waals surface area contributed by atoms with Crippen molar-refractivity contribution >= 4 is 39.4 Å². The highest BCUT2D eigenvalue weighted by molar-refractivity contribution is 7.92. The first-order valence-corrected chi connectivity index (χ1v) is 13.7. The number of hydrazone groups is 1. The second kappa shape index (κ2) is 12.9. The van der Waals surface area contributed by atoms with E-state index < -0.39 is 22.5 Å². The first-order valence-electron chi connectivity index (χ1n) is 11.9. The normalized spacial score (nSPS) is 11.2. The van der Waals surface area contributed by atoms with Crippen molar-refractivity contribution in [2.45, 2.75) is 11.5 Å². The number of methoxy groups -OCH3 is 1. The zero-order chi connectivity index (χ0) is 27.7. The van der Waals surface area contributed by atoms with Crippen LogP contribution in [0.5, 0.6) is 11.5 Å². The summed E-state index contributed by atoms with van der Waals surface area (Å²) in [7, 11) is -2.64. The van der Waals surface area contributed by atoms with Gasteiger partial charge in [0.25, 0.3) is 15.9 Å². The van der Waals surface area contributed by atoms with Gasteiger partial charge < -0.3 is 9.47 Å². The quantitative estimate of drug-likeness (QED) is 0.198. The molecule has 0 spiro atoms. The molecule has 0 aliphatic carbocycles. The number of halogens is 1. The molecule has 0 saturated heterocycles. The minimum absolute atomic E-state index is 0.0468. The van der Waals surface area contributed by atoms with Gasteiger partial charge in [-0.1, -0.05) is 54.1 Å². The summed E-state index contributed by atoms with van der Waals surface area (Å²) < 4.78 is 39.0. The third kappa shape index (κ3) is 7.37. The number of carbonyl (C=O) groups is 1. The highest BCUT2D eigenvalue weighted by Gasteiger charge is 2.29. The molecule has 0 saturated carbocycles. The molecule has 200 valence electrons. The first kappa shape index (κ1) is 27.7. The van der Waals surface area contributed by atoms with Crippen LogP contribution in [-0.2, 0) is 21.4 Å². The van der Waals surface area contributed by atoms with Gasteiger partial charge in [0.1, 0.15) is 24.7 Å². The molecule has 4 aromatic rings. The van der Waals surface area contributed by atoms with E-state index >= 15 is 0 Å². The molecule has 39 heavy (non-hydrogen) atoms. The van der Waals surface area contributed by atoms with Gasteiger partial charge in [0.05, 0.1) is 23.9 Å². The molecular weight excluding hydrogens is 538 g/mol. The standard InChI is InChI=1S/C29H26ClN3O5S/c1-37-28-10-6-5-9-27(28)33(39(35,36)26-7-3-2-4-8-26)20-29(34)32-31-19-22-13-17-25(18-14-22)38-21-23-11-15-24(30)16-12-23/h2-19H,20-21H2,1H3,(H,32,34)/b31-19-. The van der Waals surface area contributed by atoms with E-state index in [1.165, 1.54) is 25.5 Å². The fraction of sp³-hybridized carbons (Fsp3) is 0.103. The Morgan fingerprint density at radius 3 is 2.28 bits per heavy atom. The Morgan fingerprint density at radius 2 is 1.59 bits per heavy atom. The van der Waals surface area contributed by atoms with Gasteiger partial charge in [0.2, 0.25) is 0 Å². The second-order valence-corrected chi connectivity index (χ2v) is 10.6. The number of hydrogen-bond acceptors (Lipinski definition) is 6. The number of carbonyl (C=O) groups excluding carboxylic acids is 1. The average Bonchev–Trinajstić information content (AvgIpc) is 2.96. The smallest absolute Gasteiger partial charge is 0.264 e. The van der Waals surface area contributed by atoms with E-state index in [4.69, 9.17) is 21.1 Å². The molecule has 1 N–H and O–H groups in total. The predicted octanol–water partition coefficient (Wildman–Crippen LogP) is 5.27. The van der Waals surface area contributed by atoms with Gasteiger partial charge in [0.15, 0.2) is 0 Å². The first-order chi connectivity index (χ1) is 18.9. The van der Waals surface area contributed by atoms with Gasteiger partial charge in [-0.05, 0) is 71.8 Å². The van der Waals surface area contributed by atoms with Gasteiger partial charge in [-0.3, -0.25) is 9.10 Å². The number of nitrogens with one attached hydrogen (secondary N) is 1. The Morgan fingerprint density at radius 1 is 0.923 bits per heavy atom. The van der Waals surface area contributed by atoms with Gasteiger partial charge in [-0.2, -0.15) is 5.10 Å². The summed E-state index contributed by atoms with van der Waals surface area (Å²) in [5, 5.41) is 4.65. The number of hydrogen-bond donors (Lipinski definition) is 1. The van der Waals surface area contributed by atoms with Gasteiger partial charge in [0, 0.05) is 5.02 Å². The summed E-state index contributed by atoms with van der Waals surface area (Å²) in [5.41, 5.74) is 4.34. The number of amides is 1. The summed E-state index contributed by atoms with van der Waals surface area (Å²) in [6.45, 7) is -0.109. The topological polar surface area (TPSA) is 97.3 Å². The molecule has 0 aromatic heterocycles. The Bertz CT molecular complexity index is 1530. The maximum Gasteiger partial charge on any atom is 0.264 e. The summed E-state index contributed by atoms with van der Waals surface area (Å²) in [6.07, 6.45) is 1.46. The van der Waals surface area contributed by atoms with E-state index in [1.807, 2.05) is 12.1 Å². The number of sulfonamides is 1. The van der Waals surface area contributed by atoms with Gasteiger partial charge >= 0.3 is 0 Å².